The summed E-state index contributed by atoms with van der Waals surface area (Å²) in [6.07, 6.45) is 0.381. The van der Waals surface area contributed by atoms with Crippen LogP contribution in [0.1, 0.15) is 22.5 Å². The molecule has 1 aromatic heterocycles. The molecule has 23 heavy (non-hydrogen) atoms. The van der Waals surface area contributed by atoms with Crippen LogP contribution in [0.4, 0.5) is 0 Å². The van der Waals surface area contributed by atoms with Gasteiger partial charge in [0.1, 0.15) is 12.4 Å². The fraction of sp³-hybridized carbons (Fsp3) is 0.444. The topological polar surface area (TPSA) is 47.4 Å². The van der Waals surface area contributed by atoms with E-state index < -0.39 is 0 Å². The summed E-state index contributed by atoms with van der Waals surface area (Å²) in [4.78, 5) is 14.1. The van der Waals surface area contributed by atoms with Gasteiger partial charge in [0.05, 0.1) is 18.7 Å². The van der Waals surface area contributed by atoms with Gasteiger partial charge >= 0.3 is 0 Å². The summed E-state index contributed by atoms with van der Waals surface area (Å²) in [5.41, 5.74) is 4.14. The zero-order chi connectivity index (χ0) is 17.0. The van der Waals surface area contributed by atoms with Crippen LogP contribution in [0.5, 0.6) is 5.75 Å². The molecule has 0 fully saturated rings. The summed E-state index contributed by atoms with van der Waals surface area (Å²) >= 11 is 0. The molecule has 2 aromatic rings. The lowest BCUT2D eigenvalue weighted by molar-refractivity contribution is -0.129. The van der Waals surface area contributed by atoms with Crippen LogP contribution in [-0.2, 0) is 18.3 Å². The third kappa shape index (κ3) is 4.34. The molecular weight excluding hydrogens is 290 g/mol. The Labute approximate surface area is 137 Å². The summed E-state index contributed by atoms with van der Waals surface area (Å²) in [6, 6.07) is 7.91. The summed E-state index contributed by atoms with van der Waals surface area (Å²) in [5, 5.41) is 4.35. The highest BCUT2D eigenvalue weighted by Crippen LogP contribution is 2.14. The molecule has 1 aromatic carbocycles. The minimum Gasteiger partial charge on any atom is -0.492 e. The zero-order valence-corrected chi connectivity index (χ0v) is 14.6. The van der Waals surface area contributed by atoms with Crippen molar-refractivity contribution in [2.75, 3.05) is 20.2 Å². The van der Waals surface area contributed by atoms with Crippen LogP contribution in [0.3, 0.4) is 0 Å². The molecule has 0 aliphatic carbocycles. The SMILES string of the molecule is Cc1cccc(OCCN(C)C(=O)Cc2c(C)nn(C)c2C)c1. The van der Waals surface area contributed by atoms with Crippen molar-refractivity contribution in [3.8, 4) is 5.75 Å². The molecule has 0 aliphatic rings. The summed E-state index contributed by atoms with van der Waals surface area (Å²) in [5.74, 6) is 0.918. The number of benzene rings is 1. The molecule has 0 saturated carbocycles. The quantitative estimate of drug-likeness (QED) is 0.822. The van der Waals surface area contributed by atoms with Crippen molar-refractivity contribution in [2.24, 2.45) is 7.05 Å². The van der Waals surface area contributed by atoms with Gasteiger partial charge in [0.25, 0.3) is 0 Å². The molecule has 0 saturated heterocycles. The van der Waals surface area contributed by atoms with Crippen molar-refractivity contribution in [1.29, 1.82) is 0 Å². The third-order valence-electron chi connectivity index (χ3n) is 4.10. The fourth-order valence-corrected chi connectivity index (χ4v) is 2.49. The van der Waals surface area contributed by atoms with Gasteiger partial charge in [0.15, 0.2) is 0 Å². The molecule has 0 spiro atoms. The Bertz CT molecular complexity index is 692. The lowest BCUT2D eigenvalue weighted by atomic mass is 10.1. The highest BCUT2D eigenvalue weighted by Gasteiger charge is 2.16. The van der Waals surface area contributed by atoms with Gasteiger partial charge in [-0.2, -0.15) is 5.10 Å². The van der Waals surface area contributed by atoms with E-state index in [4.69, 9.17) is 4.74 Å². The molecule has 0 unspecified atom stereocenters. The Balaban J connectivity index is 1.85. The smallest absolute Gasteiger partial charge is 0.226 e. The second-order valence-electron chi connectivity index (χ2n) is 5.93. The Hall–Kier alpha value is -2.30. The molecule has 0 N–H and O–H groups in total. The highest BCUT2D eigenvalue weighted by molar-refractivity contribution is 5.79. The molecule has 124 valence electrons. The van der Waals surface area contributed by atoms with Gasteiger partial charge in [-0.1, -0.05) is 12.1 Å². The van der Waals surface area contributed by atoms with Gasteiger partial charge in [-0.05, 0) is 38.5 Å². The van der Waals surface area contributed by atoms with Crippen LogP contribution in [0.2, 0.25) is 0 Å². The second-order valence-corrected chi connectivity index (χ2v) is 5.93. The molecule has 5 nitrogen and oxygen atoms in total. The molecular formula is C18H25N3O2. The normalized spacial score (nSPS) is 10.7. The first kappa shape index (κ1) is 17.1. The van der Waals surface area contributed by atoms with Crippen molar-refractivity contribution >= 4 is 5.91 Å². The van der Waals surface area contributed by atoms with Crippen LogP contribution >= 0.6 is 0 Å². The molecule has 5 heteroatoms. The number of rotatable bonds is 6. The van der Waals surface area contributed by atoms with E-state index in [0.717, 1.165) is 28.3 Å². The van der Waals surface area contributed by atoms with Gasteiger partial charge in [-0.25, -0.2) is 0 Å². The largest absolute Gasteiger partial charge is 0.492 e. The van der Waals surface area contributed by atoms with Crippen LogP contribution in [0.15, 0.2) is 24.3 Å². The van der Waals surface area contributed by atoms with Crippen molar-refractivity contribution < 1.29 is 9.53 Å². The molecule has 1 heterocycles. The van der Waals surface area contributed by atoms with Gasteiger partial charge in [-0.3, -0.25) is 9.48 Å². The maximum atomic E-state index is 12.4. The Morgan fingerprint density at radius 2 is 2.04 bits per heavy atom. The molecule has 0 atom stereocenters. The number of carbonyl (C=O) groups is 1. The van der Waals surface area contributed by atoms with Gasteiger partial charge in [0.2, 0.25) is 5.91 Å². The standard InChI is InChI=1S/C18H25N3O2/c1-13-7-6-8-16(11-13)23-10-9-20(4)18(22)12-17-14(2)19-21(5)15(17)3/h6-8,11H,9-10,12H2,1-5H3. The van der Waals surface area contributed by atoms with E-state index >= 15 is 0 Å². The summed E-state index contributed by atoms with van der Waals surface area (Å²) in [6.45, 7) is 7.00. The highest BCUT2D eigenvalue weighted by atomic mass is 16.5. The third-order valence-corrected chi connectivity index (χ3v) is 4.10. The second kappa shape index (κ2) is 7.31. The van der Waals surface area contributed by atoms with Crippen molar-refractivity contribution in [1.82, 2.24) is 14.7 Å². The number of carbonyl (C=O) groups excluding carboxylic acids is 1. The fourth-order valence-electron chi connectivity index (χ4n) is 2.49. The molecule has 0 radical (unpaired) electrons. The van der Waals surface area contributed by atoms with Crippen molar-refractivity contribution in [3.05, 3.63) is 46.8 Å². The van der Waals surface area contributed by atoms with Crippen molar-refractivity contribution in [3.63, 3.8) is 0 Å². The number of ether oxygens (including phenoxy) is 1. The predicted molar refractivity (Wildman–Crippen MR) is 90.7 cm³/mol. The lowest BCUT2D eigenvalue weighted by Gasteiger charge is -2.18. The molecule has 0 bridgehead atoms. The zero-order valence-electron chi connectivity index (χ0n) is 14.6. The number of aryl methyl sites for hydroxylation is 3. The molecule has 0 aliphatic heterocycles. The monoisotopic (exact) mass is 315 g/mol. The van der Waals surface area contributed by atoms with Gasteiger partial charge in [0, 0.05) is 25.4 Å². The van der Waals surface area contributed by atoms with E-state index in [1.807, 2.05) is 63.8 Å². The van der Waals surface area contributed by atoms with Gasteiger partial charge in [-0.15, -0.1) is 0 Å². The number of amides is 1. The minimum atomic E-state index is 0.0806. The number of aromatic nitrogens is 2. The predicted octanol–water partition coefficient (Wildman–Crippen LogP) is 2.43. The average Bonchev–Trinajstić information content (AvgIpc) is 2.73. The summed E-state index contributed by atoms with van der Waals surface area (Å²) < 4.78 is 7.52. The first-order valence-corrected chi connectivity index (χ1v) is 7.81. The first-order chi connectivity index (χ1) is 10.9. The van der Waals surface area contributed by atoms with Crippen LogP contribution in [0, 0.1) is 20.8 Å². The van der Waals surface area contributed by atoms with Gasteiger partial charge < -0.3 is 9.64 Å². The molecule has 2 rings (SSSR count). The van der Waals surface area contributed by atoms with E-state index in [9.17, 15) is 4.79 Å². The number of hydrogen-bond donors (Lipinski definition) is 0. The summed E-state index contributed by atoms with van der Waals surface area (Å²) in [7, 11) is 3.71. The van der Waals surface area contributed by atoms with E-state index in [1.165, 1.54) is 0 Å². The van der Waals surface area contributed by atoms with E-state index in [2.05, 4.69) is 5.10 Å². The van der Waals surface area contributed by atoms with Crippen LogP contribution < -0.4 is 4.74 Å². The van der Waals surface area contributed by atoms with E-state index in [-0.39, 0.29) is 5.91 Å². The van der Waals surface area contributed by atoms with E-state index in [0.29, 0.717) is 19.6 Å². The maximum absolute atomic E-state index is 12.4. The maximum Gasteiger partial charge on any atom is 0.226 e. The Kier molecular flexibility index (Phi) is 5.42. The van der Waals surface area contributed by atoms with Crippen LogP contribution in [-0.4, -0.2) is 40.8 Å². The number of nitrogens with zero attached hydrogens (tertiary/aromatic N) is 3. The van der Waals surface area contributed by atoms with Crippen LogP contribution in [0.25, 0.3) is 0 Å². The Morgan fingerprint density at radius 3 is 2.65 bits per heavy atom. The minimum absolute atomic E-state index is 0.0806. The number of hydrogen-bond acceptors (Lipinski definition) is 3. The first-order valence-electron chi connectivity index (χ1n) is 7.81. The lowest BCUT2D eigenvalue weighted by Crippen LogP contribution is -2.32. The number of likely N-dealkylation sites (N-methyl/N-ethyl adjacent to an activating group) is 1. The average molecular weight is 315 g/mol. The van der Waals surface area contributed by atoms with Crippen molar-refractivity contribution in [2.45, 2.75) is 27.2 Å². The molecule has 1 amide bonds. The Morgan fingerprint density at radius 1 is 1.30 bits per heavy atom. The van der Waals surface area contributed by atoms with E-state index in [1.54, 1.807) is 4.90 Å².